The number of carbonyl (C=O) groups excluding carboxylic acids is 1. The SMILES string of the molecule is CC.CNCCCCCCCCC=O. The summed E-state index contributed by atoms with van der Waals surface area (Å²) < 4.78 is 0. The molecule has 0 saturated heterocycles. The highest BCUT2D eigenvalue weighted by Crippen LogP contribution is 2.05. The first-order valence-corrected chi connectivity index (χ1v) is 6.00. The molecular formula is C12H27NO. The van der Waals surface area contributed by atoms with Gasteiger partial charge in [-0.2, -0.15) is 0 Å². The third-order valence-corrected chi connectivity index (χ3v) is 2.00. The third kappa shape index (κ3) is 17.6. The predicted octanol–water partition coefficient (Wildman–Crippen LogP) is 3.16. The summed E-state index contributed by atoms with van der Waals surface area (Å²) in [6.45, 7) is 5.13. The van der Waals surface area contributed by atoms with Crippen LogP contribution in [0.15, 0.2) is 0 Å². The van der Waals surface area contributed by atoms with Crippen LogP contribution in [0.4, 0.5) is 0 Å². The molecule has 1 N–H and O–H groups in total. The first-order chi connectivity index (χ1) is 6.91. The van der Waals surface area contributed by atoms with Gasteiger partial charge in [0.1, 0.15) is 6.29 Å². The number of rotatable bonds is 9. The van der Waals surface area contributed by atoms with Crippen LogP contribution < -0.4 is 5.32 Å². The average Bonchev–Trinajstić information content (AvgIpc) is 2.25. The highest BCUT2D eigenvalue weighted by Gasteiger charge is 1.89. The van der Waals surface area contributed by atoms with Crippen molar-refractivity contribution in [2.24, 2.45) is 0 Å². The Hall–Kier alpha value is -0.370. The smallest absolute Gasteiger partial charge is 0.119 e. The Morgan fingerprint density at radius 2 is 1.43 bits per heavy atom. The van der Waals surface area contributed by atoms with Crippen molar-refractivity contribution in [1.29, 1.82) is 0 Å². The van der Waals surface area contributed by atoms with E-state index in [2.05, 4.69) is 5.32 Å². The molecule has 2 nitrogen and oxygen atoms in total. The second-order valence-corrected chi connectivity index (χ2v) is 3.18. The summed E-state index contributed by atoms with van der Waals surface area (Å²) in [5.41, 5.74) is 0. The number of nitrogens with one attached hydrogen (secondary N) is 1. The summed E-state index contributed by atoms with van der Waals surface area (Å²) in [5.74, 6) is 0. The molecule has 86 valence electrons. The molecule has 2 heteroatoms. The van der Waals surface area contributed by atoms with Crippen LogP contribution in [0.25, 0.3) is 0 Å². The van der Waals surface area contributed by atoms with E-state index in [0.717, 1.165) is 25.7 Å². The lowest BCUT2D eigenvalue weighted by Crippen LogP contribution is -2.06. The Balaban J connectivity index is 0. The molecule has 0 fully saturated rings. The van der Waals surface area contributed by atoms with Gasteiger partial charge in [-0.25, -0.2) is 0 Å². The second-order valence-electron chi connectivity index (χ2n) is 3.18. The van der Waals surface area contributed by atoms with Crippen LogP contribution in [-0.2, 0) is 4.79 Å². The van der Waals surface area contributed by atoms with Crippen molar-refractivity contribution >= 4 is 6.29 Å². The first-order valence-electron chi connectivity index (χ1n) is 6.00. The Morgan fingerprint density at radius 1 is 0.929 bits per heavy atom. The van der Waals surface area contributed by atoms with Gasteiger partial charge in [0, 0.05) is 6.42 Å². The van der Waals surface area contributed by atoms with Gasteiger partial charge in [-0.1, -0.05) is 39.5 Å². The minimum absolute atomic E-state index is 0.747. The van der Waals surface area contributed by atoms with E-state index in [0.29, 0.717) is 0 Å². The summed E-state index contributed by atoms with van der Waals surface area (Å²) in [6.07, 6.45) is 9.27. The minimum Gasteiger partial charge on any atom is -0.320 e. The van der Waals surface area contributed by atoms with Gasteiger partial charge in [-0.3, -0.25) is 0 Å². The quantitative estimate of drug-likeness (QED) is 0.458. The lowest BCUT2D eigenvalue weighted by molar-refractivity contribution is -0.107. The molecule has 0 aromatic heterocycles. The van der Waals surface area contributed by atoms with Gasteiger partial charge >= 0.3 is 0 Å². The number of hydrogen-bond acceptors (Lipinski definition) is 2. The molecule has 0 aromatic carbocycles. The fraction of sp³-hybridized carbons (Fsp3) is 0.917. The van der Waals surface area contributed by atoms with E-state index in [9.17, 15) is 4.79 Å². The Kier molecular flexibility index (Phi) is 21.2. The molecule has 0 amide bonds. The summed E-state index contributed by atoms with van der Waals surface area (Å²) in [7, 11) is 1.99. The van der Waals surface area contributed by atoms with Crippen molar-refractivity contribution in [3.63, 3.8) is 0 Å². The van der Waals surface area contributed by atoms with E-state index in [4.69, 9.17) is 0 Å². The lowest BCUT2D eigenvalue weighted by atomic mass is 10.1. The summed E-state index contributed by atoms with van der Waals surface area (Å²) in [6, 6.07) is 0. The predicted molar refractivity (Wildman–Crippen MR) is 63.7 cm³/mol. The standard InChI is InChI=1S/C10H21NO.C2H6/c1-11-9-7-5-3-2-4-6-8-10-12;1-2/h10-11H,2-9H2,1H3;1-2H3. The molecule has 0 heterocycles. The van der Waals surface area contributed by atoms with Crippen LogP contribution in [0.2, 0.25) is 0 Å². The number of hydrogen-bond donors (Lipinski definition) is 1. The lowest BCUT2D eigenvalue weighted by Gasteiger charge is -1.99. The monoisotopic (exact) mass is 201 g/mol. The van der Waals surface area contributed by atoms with Gasteiger partial charge in [0.2, 0.25) is 0 Å². The van der Waals surface area contributed by atoms with Crippen molar-refractivity contribution in [3.05, 3.63) is 0 Å². The number of carbonyl (C=O) groups is 1. The van der Waals surface area contributed by atoms with Gasteiger partial charge in [0.25, 0.3) is 0 Å². The largest absolute Gasteiger partial charge is 0.320 e. The highest BCUT2D eigenvalue weighted by molar-refractivity contribution is 5.48. The number of aldehydes is 1. The summed E-state index contributed by atoms with van der Waals surface area (Å²) in [4.78, 5) is 9.97. The molecule has 0 aromatic rings. The zero-order valence-electron chi connectivity index (χ0n) is 10.1. The highest BCUT2D eigenvalue weighted by atomic mass is 16.1. The van der Waals surface area contributed by atoms with E-state index in [-0.39, 0.29) is 0 Å². The summed E-state index contributed by atoms with van der Waals surface area (Å²) in [5, 5.41) is 3.13. The maximum absolute atomic E-state index is 9.97. The van der Waals surface area contributed by atoms with Crippen molar-refractivity contribution < 1.29 is 4.79 Å². The second kappa shape index (κ2) is 18.4. The van der Waals surface area contributed by atoms with Crippen molar-refractivity contribution in [1.82, 2.24) is 5.32 Å². The molecule has 0 radical (unpaired) electrons. The van der Waals surface area contributed by atoms with E-state index >= 15 is 0 Å². The fourth-order valence-corrected chi connectivity index (χ4v) is 1.24. The number of unbranched alkanes of at least 4 members (excludes halogenated alkanes) is 6. The zero-order valence-corrected chi connectivity index (χ0v) is 10.1. The molecule has 0 aliphatic rings. The Bertz CT molecular complexity index is 94.3. The average molecular weight is 201 g/mol. The molecule has 14 heavy (non-hydrogen) atoms. The normalized spacial score (nSPS) is 9.07. The molecule has 0 unspecified atom stereocenters. The van der Waals surface area contributed by atoms with Gasteiger partial charge in [0.05, 0.1) is 0 Å². The molecule has 0 bridgehead atoms. The van der Waals surface area contributed by atoms with Gasteiger partial charge in [-0.05, 0) is 26.4 Å². The molecule has 0 spiro atoms. The van der Waals surface area contributed by atoms with Crippen LogP contribution in [0.1, 0.15) is 58.8 Å². The molecule has 0 rings (SSSR count). The molecule has 0 saturated carbocycles. The van der Waals surface area contributed by atoms with Gasteiger partial charge in [0.15, 0.2) is 0 Å². The van der Waals surface area contributed by atoms with Crippen LogP contribution in [0, 0.1) is 0 Å². The van der Waals surface area contributed by atoms with E-state index in [1.807, 2.05) is 20.9 Å². The first kappa shape index (κ1) is 16.1. The van der Waals surface area contributed by atoms with Crippen molar-refractivity contribution in [2.75, 3.05) is 13.6 Å². The topological polar surface area (TPSA) is 29.1 Å². The Labute approximate surface area is 89.5 Å². The van der Waals surface area contributed by atoms with Crippen LogP contribution in [-0.4, -0.2) is 19.9 Å². The van der Waals surface area contributed by atoms with E-state index in [1.165, 1.54) is 32.1 Å². The Morgan fingerprint density at radius 3 is 1.93 bits per heavy atom. The summed E-state index contributed by atoms with van der Waals surface area (Å²) >= 11 is 0. The van der Waals surface area contributed by atoms with Crippen molar-refractivity contribution in [3.8, 4) is 0 Å². The maximum atomic E-state index is 9.97. The maximum Gasteiger partial charge on any atom is 0.119 e. The fourth-order valence-electron chi connectivity index (χ4n) is 1.24. The molecule has 0 aliphatic carbocycles. The zero-order chi connectivity index (χ0) is 11.1. The third-order valence-electron chi connectivity index (χ3n) is 2.00. The van der Waals surface area contributed by atoms with Crippen molar-refractivity contribution in [2.45, 2.75) is 58.8 Å². The van der Waals surface area contributed by atoms with Crippen LogP contribution >= 0.6 is 0 Å². The molecule has 0 aliphatic heterocycles. The van der Waals surface area contributed by atoms with E-state index in [1.54, 1.807) is 0 Å². The van der Waals surface area contributed by atoms with Gasteiger partial charge < -0.3 is 10.1 Å². The van der Waals surface area contributed by atoms with E-state index < -0.39 is 0 Å². The molecular weight excluding hydrogens is 174 g/mol. The van der Waals surface area contributed by atoms with Crippen LogP contribution in [0.5, 0.6) is 0 Å². The van der Waals surface area contributed by atoms with Gasteiger partial charge in [-0.15, -0.1) is 0 Å². The van der Waals surface area contributed by atoms with Crippen LogP contribution in [0.3, 0.4) is 0 Å². The molecule has 0 atom stereocenters. The minimum atomic E-state index is 0.747.